The Kier molecular flexibility index (Phi) is 4.85. The van der Waals surface area contributed by atoms with Crippen LogP contribution in [0, 0.1) is 0 Å². The van der Waals surface area contributed by atoms with Crippen LogP contribution >= 0.6 is 23.2 Å². The fraction of sp³-hybridized carbons (Fsp3) is 0.400. The molecule has 84 valence electrons. The van der Waals surface area contributed by atoms with Crippen LogP contribution in [0.5, 0.6) is 11.5 Å². The average molecular weight is 250 g/mol. The van der Waals surface area contributed by atoms with Gasteiger partial charge >= 0.3 is 0 Å². The molecule has 0 radical (unpaired) electrons. The summed E-state index contributed by atoms with van der Waals surface area (Å²) in [5, 5.41) is 18.7. The predicted molar refractivity (Wildman–Crippen MR) is 63.4 cm³/mol. The monoisotopic (exact) mass is 249 g/mol. The highest BCUT2D eigenvalue weighted by molar-refractivity contribution is 6.18. The third-order valence-electron chi connectivity index (χ3n) is 1.96. The van der Waals surface area contributed by atoms with Crippen LogP contribution in [0.1, 0.15) is 0 Å². The van der Waals surface area contributed by atoms with Crippen LogP contribution in [0.25, 0.3) is 0 Å². The van der Waals surface area contributed by atoms with Gasteiger partial charge < -0.3 is 15.1 Å². The van der Waals surface area contributed by atoms with E-state index in [1.54, 1.807) is 12.1 Å². The summed E-state index contributed by atoms with van der Waals surface area (Å²) >= 11 is 11.3. The van der Waals surface area contributed by atoms with Gasteiger partial charge in [0, 0.05) is 48.7 Å². The molecule has 1 aromatic carbocycles. The third kappa shape index (κ3) is 3.68. The molecular weight excluding hydrogens is 237 g/mol. The lowest BCUT2D eigenvalue weighted by Gasteiger charge is -2.23. The molecule has 0 aliphatic heterocycles. The lowest BCUT2D eigenvalue weighted by atomic mass is 10.2. The van der Waals surface area contributed by atoms with Crippen LogP contribution < -0.4 is 4.90 Å². The van der Waals surface area contributed by atoms with E-state index < -0.39 is 0 Å². The molecule has 0 aliphatic carbocycles. The SMILES string of the molecule is Oc1cc(O)cc(N(CCCl)CCCl)c1. The minimum atomic E-state index is 0.0270. The Balaban J connectivity index is 2.88. The van der Waals surface area contributed by atoms with E-state index in [9.17, 15) is 10.2 Å². The summed E-state index contributed by atoms with van der Waals surface area (Å²) in [6.45, 7) is 1.24. The fourth-order valence-corrected chi connectivity index (χ4v) is 1.74. The first-order chi connectivity index (χ1) is 7.17. The van der Waals surface area contributed by atoms with Crippen LogP contribution in [-0.2, 0) is 0 Å². The molecule has 5 heteroatoms. The largest absolute Gasteiger partial charge is 0.508 e. The molecule has 0 amide bonds. The molecule has 2 N–H and O–H groups in total. The van der Waals surface area contributed by atoms with Crippen molar-refractivity contribution >= 4 is 28.9 Å². The van der Waals surface area contributed by atoms with E-state index in [-0.39, 0.29) is 11.5 Å². The van der Waals surface area contributed by atoms with Gasteiger partial charge in [-0.1, -0.05) is 0 Å². The number of phenolic OH excluding ortho intramolecular Hbond substituents is 2. The number of hydrogen-bond donors (Lipinski definition) is 2. The highest BCUT2D eigenvalue weighted by atomic mass is 35.5. The number of hydrogen-bond acceptors (Lipinski definition) is 3. The molecule has 1 rings (SSSR count). The zero-order chi connectivity index (χ0) is 11.3. The van der Waals surface area contributed by atoms with E-state index in [1.807, 2.05) is 4.90 Å². The molecule has 15 heavy (non-hydrogen) atoms. The second-order valence-electron chi connectivity index (χ2n) is 3.07. The maximum atomic E-state index is 9.33. The maximum absolute atomic E-state index is 9.33. The van der Waals surface area contributed by atoms with Crippen molar-refractivity contribution in [3.05, 3.63) is 18.2 Å². The number of benzene rings is 1. The molecule has 0 saturated heterocycles. The van der Waals surface area contributed by atoms with Crippen LogP contribution in [0.3, 0.4) is 0 Å². The first-order valence-electron chi connectivity index (χ1n) is 4.57. The van der Waals surface area contributed by atoms with Gasteiger partial charge in [-0.15, -0.1) is 23.2 Å². The Morgan fingerprint density at radius 2 is 1.40 bits per heavy atom. The van der Waals surface area contributed by atoms with Gasteiger partial charge in [0.25, 0.3) is 0 Å². The maximum Gasteiger partial charge on any atom is 0.121 e. The van der Waals surface area contributed by atoms with Crippen molar-refractivity contribution in [2.45, 2.75) is 0 Å². The van der Waals surface area contributed by atoms with E-state index in [4.69, 9.17) is 23.2 Å². The summed E-state index contributed by atoms with van der Waals surface area (Å²) in [7, 11) is 0. The summed E-state index contributed by atoms with van der Waals surface area (Å²) in [6.07, 6.45) is 0. The van der Waals surface area contributed by atoms with E-state index in [2.05, 4.69) is 0 Å². The van der Waals surface area contributed by atoms with Crippen molar-refractivity contribution in [1.29, 1.82) is 0 Å². The van der Waals surface area contributed by atoms with Gasteiger partial charge in [0.1, 0.15) is 11.5 Å². The first-order valence-corrected chi connectivity index (χ1v) is 5.64. The summed E-state index contributed by atoms with van der Waals surface area (Å²) in [5.41, 5.74) is 0.716. The molecule has 0 fully saturated rings. The minimum absolute atomic E-state index is 0.0270. The average Bonchev–Trinajstić information content (AvgIpc) is 2.16. The summed E-state index contributed by atoms with van der Waals surface area (Å²) in [5.74, 6) is 0.985. The van der Waals surface area contributed by atoms with Crippen molar-refractivity contribution < 1.29 is 10.2 Å². The van der Waals surface area contributed by atoms with E-state index >= 15 is 0 Å². The molecule has 0 atom stereocenters. The van der Waals surface area contributed by atoms with Crippen molar-refractivity contribution in [2.24, 2.45) is 0 Å². The third-order valence-corrected chi connectivity index (χ3v) is 2.30. The van der Waals surface area contributed by atoms with Crippen molar-refractivity contribution in [3.63, 3.8) is 0 Å². The zero-order valence-corrected chi connectivity index (χ0v) is 9.67. The Morgan fingerprint density at radius 1 is 0.933 bits per heavy atom. The van der Waals surface area contributed by atoms with E-state index in [0.29, 0.717) is 30.5 Å². The number of rotatable bonds is 5. The van der Waals surface area contributed by atoms with Crippen molar-refractivity contribution in [2.75, 3.05) is 29.7 Å². The van der Waals surface area contributed by atoms with Crippen molar-refractivity contribution in [1.82, 2.24) is 0 Å². The molecule has 0 unspecified atom stereocenters. The normalized spacial score (nSPS) is 10.3. The van der Waals surface area contributed by atoms with Crippen LogP contribution in [0.15, 0.2) is 18.2 Å². The molecule has 0 bridgehead atoms. The number of anilines is 1. The molecule has 0 saturated carbocycles. The lowest BCUT2D eigenvalue weighted by molar-refractivity contribution is 0.450. The highest BCUT2D eigenvalue weighted by Gasteiger charge is 2.07. The highest BCUT2D eigenvalue weighted by Crippen LogP contribution is 2.26. The van der Waals surface area contributed by atoms with Crippen LogP contribution in [0.4, 0.5) is 5.69 Å². The second-order valence-corrected chi connectivity index (χ2v) is 3.83. The number of phenols is 2. The van der Waals surface area contributed by atoms with Crippen molar-refractivity contribution in [3.8, 4) is 11.5 Å². The summed E-state index contributed by atoms with van der Waals surface area (Å²) in [6, 6.07) is 4.42. The van der Waals surface area contributed by atoms with Gasteiger partial charge in [-0.25, -0.2) is 0 Å². The van der Waals surface area contributed by atoms with Gasteiger partial charge in [-0.05, 0) is 0 Å². The van der Waals surface area contributed by atoms with Gasteiger partial charge in [0.05, 0.1) is 0 Å². The zero-order valence-electron chi connectivity index (χ0n) is 8.16. The van der Waals surface area contributed by atoms with Gasteiger partial charge in [-0.2, -0.15) is 0 Å². The number of aromatic hydroxyl groups is 2. The second kappa shape index (κ2) is 5.93. The fourth-order valence-electron chi connectivity index (χ4n) is 1.34. The van der Waals surface area contributed by atoms with E-state index in [0.717, 1.165) is 0 Å². The Bertz CT molecular complexity index is 294. The van der Waals surface area contributed by atoms with Gasteiger partial charge in [0.15, 0.2) is 0 Å². The first kappa shape index (κ1) is 12.3. The van der Waals surface area contributed by atoms with Crippen LogP contribution in [-0.4, -0.2) is 35.1 Å². The lowest BCUT2D eigenvalue weighted by Crippen LogP contribution is -2.27. The summed E-state index contributed by atoms with van der Waals surface area (Å²) in [4.78, 5) is 1.90. The molecule has 0 aromatic heterocycles. The molecule has 0 aliphatic rings. The number of alkyl halides is 2. The predicted octanol–water partition coefficient (Wildman–Crippen LogP) is 2.38. The summed E-state index contributed by atoms with van der Waals surface area (Å²) < 4.78 is 0. The van der Waals surface area contributed by atoms with Gasteiger partial charge in [0.2, 0.25) is 0 Å². The molecule has 1 aromatic rings. The molecule has 3 nitrogen and oxygen atoms in total. The minimum Gasteiger partial charge on any atom is -0.508 e. The smallest absolute Gasteiger partial charge is 0.121 e. The van der Waals surface area contributed by atoms with Gasteiger partial charge in [-0.3, -0.25) is 0 Å². The molecule has 0 heterocycles. The Hall–Kier alpha value is -0.800. The Morgan fingerprint density at radius 3 is 1.80 bits per heavy atom. The Labute approximate surface area is 98.8 Å². The van der Waals surface area contributed by atoms with E-state index in [1.165, 1.54) is 6.07 Å². The number of nitrogens with zero attached hydrogens (tertiary/aromatic N) is 1. The standard InChI is InChI=1S/C10H13Cl2NO2/c11-1-3-13(4-2-12)8-5-9(14)7-10(15)6-8/h5-7,14-15H,1-4H2. The van der Waals surface area contributed by atoms with Crippen LogP contribution in [0.2, 0.25) is 0 Å². The quantitative estimate of drug-likeness (QED) is 0.788. The number of halogens is 2. The molecule has 0 spiro atoms. The molecular formula is C10H13Cl2NO2. The topological polar surface area (TPSA) is 43.7 Å².